The highest BCUT2D eigenvalue weighted by atomic mass is 16.2. The van der Waals surface area contributed by atoms with Gasteiger partial charge in [0.15, 0.2) is 0 Å². The third kappa shape index (κ3) is 1.60. The van der Waals surface area contributed by atoms with Crippen LogP contribution in [0.15, 0.2) is 47.3 Å². The van der Waals surface area contributed by atoms with E-state index in [0.717, 1.165) is 22.0 Å². The van der Waals surface area contributed by atoms with Gasteiger partial charge in [0.05, 0.1) is 11.0 Å². The van der Waals surface area contributed by atoms with Gasteiger partial charge >= 0.3 is 0 Å². The zero-order valence-electron chi connectivity index (χ0n) is 14.2. The van der Waals surface area contributed by atoms with E-state index in [1.165, 1.54) is 0 Å². The number of fused-ring (bicyclic) bond motifs is 4. The molecule has 1 aliphatic heterocycles. The lowest BCUT2D eigenvalue weighted by Crippen LogP contribution is -2.34. The van der Waals surface area contributed by atoms with Crippen molar-refractivity contribution in [2.45, 2.75) is 6.92 Å². The lowest BCUT2D eigenvalue weighted by molar-refractivity contribution is 0.0845. The van der Waals surface area contributed by atoms with Crippen molar-refractivity contribution in [1.29, 1.82) is 0 Å². The number of benzene rings is 3. The van der Waals surface area contributed by atoms with E-state index >= 15 is 0 Å². The standard InChI is InChI=1S/C21H11N3O3/c1-9-2-7-15-14(8-9)22-18-10-3-4-11-17-12(20(26)23-19(11)25)5-6-13(16(10)17)21(27)24(15)18/h2-8H,1H3,(H,23,25,26). The number of rotatable bonds is 0. The van der Waals surface area contributed by atoms with E-state index in [1.54, 1.807) is 28.7 Å². The van der Waals surface area contributed by atoms with E-state index in [-0.39, 0.29) is 5.56 Å². The van der Waals surface area contributed by atoms with Gasteiger partial charge in [0, 0.05) is 32.7 Å². The highest BCUT2D eigenvalue weighted by Gasteiger charge is 2.28. The van der Waals surface area contributed by atoms with E-state index in [0.29, 0.717) is 32.9 Å². The highest BCUT2D eigenvalue weighted by Crippen LogP contribution is 2.35. The molecule has 128 valence electrons. The Hall–Kier alpha value is -3.80. The van der Waals surface area contributed by atoms with Gasteiger partial charge in [-0.2, -0.15) is 0 Å². The predicted octanol–water partition coefficient (Wildman–Crippen LogP) is 2.78. The first kappa shape index (κ1) is 14.4. The van der Waals surface area contributed by atoms with Crippen molar-refractivity contribution in [3.05, 3.63) is 69.5 Å². The van der Waals surface area contributed by atoms with Crippen LogP contribution in [0.2, 0.25) is 0 Å². The molecule has 6 heteroatoms. The fourth-order valence-corrected chi connectivity index (χ4v) is 4.17. The van der Waals surface area contributed by atoms with Crippen LogP contribution in [0.1, 0.15) is 26.3 Å². The Kier molecular flexibility index (Phi) is 2.38. The van der Waals surface area contributed by atoms with Crippen molar-refractivity contribution in [2.24, 2.45) is 0 Å². The Bertz CT molecular complexity index is 1540. The molecule has 5 aromatic rings. The van der Waals surface area contributed by atoms with Gasteiger partial charge < -0.3 is 0 Å². The van der Waals surface area contributed by atoms with Crippen LogP contribution in [0.4, 0.5) is 0 Å². The number of pyridine rings is 1. The number of carbonyl (C=O) groups excluding carboxylic acids is 2. The molecule has 6 rings (SSSR count). The molecule has 0 saturated carbocycles. The summed E-state index contributed by atoms with van der Waals surface area (Å²) in [5.74, 6) is -0.892. The van der Waals surface area contributed by atoms with Crippen LogP contribution in [-0.4, -0.2) is 21.2 Å². The molecule has 0 spiro atoms. The molecule has 3 aromatic carbocycles. The van der Waals surface area contributed by atoms with E-state index in [1.807, 2.05) is 25.1 Å². The van der Waals surface area contributed by atoms with E-state index in [2.05, 4.69) is 10.3 Å². The van der Waals surface area contributed by atoms with Crippen LogP contribution >= 0.6 is 0 Å². The molecule has 2 aromatic heterocycles. The lowest BCUT2D eigenvalue weighted by Gasteiger charge is -2.18. The summed E-state index contributed by atoms with van der Waals surface area (Å²) >= 11 is 0. The van der Waals surface area contributed by atoms with Crippen molar-refractivity contribution in [1.82, 2.24) is 14.7 Å². The second-order valence-corrected chi connectivity index (χ2v) is 6.92. The maximum absolute atomic E-state index is 13.3. The first-order valence-electron chi connectivity index (χ1n) is 8.54. The van der Waals surface area contributed by atoms with Crippen LogP contribution in [0.3, 0.4) is 0 Å². The average Bonchev–Trinajstić information content (AvgIpc) is 3.03. The van der Waals surface area contributed by atoms with E-state index in [4.69, 9.17) is 0 Å². The Morgan fingerprint density at radius 1 is 0.852 bits per heavy atom. The van der Waals surface area contributed by atoms with E-state index < -0.39 is 11.8 Å². The zero-order chi connectivity index (χ0) is 18.4. The van der Waals surface area contributed by atoms with Gasteiger partial charge in [-0.3, -0.25) is 24.1 Å². The predicted molar refractivity (Wildman–Crippen MR) is 102 cm³/mol. The molecular weight excluding hydrogens is 342 g/mol. The van der Waals surface area contributed by atoms with Crippen LogP contribution in [0.25, 0.3) is 38.2 Å². The van der Waals surface area contributed by atoms with Crippen LogP contribution < -0.4 is 10.9 Å². The maximum atomic E-state index is 13.3. The van der Waals surface area contributed by atoms with Crippen molar-refractivity contribution in [3.63, 3.8) is 0 Å². The Morgan fingerprint density at radius 2 is 1.56 bits per heavy atom. The van der Waals surface area contributed by atoms with E-state index in [9.17, 15) is 14.4 Å². The molecule has 0 radical (unpaired) electrons. The summed E-state index contributed by atoms with van der Waals surface area (Å²) in [6.07, 6.45) is 0. The number of hydrogen-bond acceptors (Lipinski definition) is 4. The van der Waals surface area contributed by atoms with Gasteiger partial charge in [0.2, 0.25) is 0 Å². The quantitative estimate of drug-likeness (QED) is 0.434. The highest BCUT2D eigenvalue weighted by molar-refractivity contribution is 6.31. The molecule has 0 unspecified atom stereocenters. The number of aryl methyl sites for hydroxylation is 1. The molecule has 0 atom stereocenters. The van der Waals surface area contributed by atoms with Crippen molar-refractivity contribution >= 4 is 50.0 Å². The van der Waals surface area contributed by atoms with Crippen LogP contribution in [0.5, 0.6) is 0 Å². The molecule has 0 aliphatic carbocycles. The van der Waals surface area contributed by atoms with Crippen LogP contribution in [-0.2, 0) is 0 Å². The molecule has 3 heterocycles. The maximum Gasteiger partial charge on any atom is 0.264 e. The molecule has 2 amide bonds. The molecule has 6 nitrogen and oxygen atoms in total. The molecule has 0 saturated heterocycles. The first-order valence-corrected chi connectivity index (χ1v) is 8.54. The molecule has 1 N–H and O–H groups in total. The minimum absolute atomic E-state index is 0.203. The summed E-state index contributed by atoms with van der Waals surface area (Å²) in [6, 6.07) is 12.5. The fraction of sp³-hybridized carbons (Fsp3) is 0.0476. The van der Waals surface area contributed by atoms with Gasteiger partial charge in [0.1, 0.15) is 5.65 Å². The van der Waals surface area contributed by atoms with Crippen LogP contribution in [0, 0.1) is 6.92 Å². The minimum atomic E-state index is -0.446. The number of aromatic nitrogens is 2. The largest absolute Gasteiger partial charge is 0.288 e. The molecule has 27 heavy (non-hydrogen) atoms. The topological polar surface area (TPSA) is 80.5 Å². The third-order valence-corrected chi connectivity index (χ3v) is 5.36. The number of nitrogens with one attached hydrogen (secondary N) is 1. The normalized spacial score (nSPS) is 14.0. The monoisotopic (exact) mass is 353 g/mol. The fourth-order valence-electron chi connectivity index (χ4n) is 4.17. The summed E-state index contributed by atoms with van der Waals surface area (Å²) in [7, 11) is 0. The number of amides is 2. The van der Waals surface area contributed by atoms with Gasteiger partial charge in [-0.05, 0) is 48.9 Å². The van der Waals surface area contributed by atoms with Gasteiger partial charge in [-0.15, -0.1) is 0 Å². The van der Waals surface area contributed by atoms with Crippen molar-refractivity contribution in [3.8, 4) is 0 Å². The Balaban J connectivity index is 1.97. The smallest absolute Gasteiger partial charge is 0.264 e. The third-order valence-electron chi connectivity index (χ3n) is 5.36. The van der Waals surface area contributed by atoms with Gasteiger partial charge in [-0.25, -0.2) is 4.98 Å². The number of imidazole rings is 1. The SMILES string of the molecule is Cc1ccc2c(c1)nc1c3ccc4c5c(ccc(c(=O)n21)c53)C(=O)NC4=O. The summed E-state index contributed by atoms with van der Waals surface area (Å²) in [4.78, 5) is 42.5. The molecule has 0 bridgehead atoms. The number of imide groups is 1. The molecule has 0 fully saturated rings. The molecule has 1 aliphatic rings. The molecular formula is C21H11N3O3. The number of carbonyl (C=O) groups is 2. The number of hydrogen-bond donors (Lipinski definition) is 1. The van der Waals surface area contributed by atoms with Gasteiger partial charge in [-0.1, -0.05) is 6.07 Å². The average molecular weight is 353 g/mol. The number of nitrogens with zero attached hydrogens (tertiary/aromatic N) is 2. The summed E-state index contributed by atoms with van der Waals surface area (Å²) in [5.41, 5.74) is 3.68. The summed E-state index contributed by atoms with van der Waals surface area (Å²) in [6.45, 7) is 1.98. The second kappa shape index (κ2) is 4.48. The van der Waals surface area contributed by atoms with Crippen molar-refractivity contribution in [2.75, 3.05) is 0 Å². The first-order chi connectivity index (χ1) is 13.0. The Morgan fingerprint density at radius 3 is 2.30 bits per heavy atom. The second-order valence-electron chi connectivity index (χ2n) is 6.92. The van der Waals surface area contributed by atoms with Crippen molar-refractivity contribution < 1.29 is 9.59 Å². The lowest BCUT2D eigenvalue weighted by atomic mass is 9.91. The van der Waals surface area contributed by atoms with Gasteiger partial charge in [0.25, 0.3) is 17.4 Å². The minimum Gasteiger partial charge on any atom is -0.288 e. The Labute approximate surface area is 151 Å². The summed E-state index contributed by atoms with van der Waals surface area (Å²) in [5, 5.41) is 4.72. The summed E-state index contributed by atoms with van der Waals surface area (Å²) < 4.78 is 1.61. The zero-order valence-corrected chi connectivity index (χ0v) is 14.2.